The highest BCUT2D eigenvalue weighted by atomic mass is 35.5. The topological polar surface area (TPSA) is 65.0 Å². The maximum absolute atomic E-state index is 10.8. The van der Waals surface area contributed by atoms with E-state index in [1.807, 2.05) is 6.07 Å². The first-order valence-electron chi connectivity index (χ1n) is 7.57. The summed E-state index contributed by atoms with van der Waals surface area (Å²) in [5.41, 5.74) is 1.51. The molecule has 0 heterocycles. The Morgan fingerprint density at radius 3 is 2.48 bits per heavy atom. The standard InChI is InChI=1S/C19H19ClO5/c1-3-8-24-16-6-5-14(9-15(16)20)12-25-17-7-4-13(11-19(21)22)10-18(17)23-2/h3-7,9-10H,1,8,11-12H2,2H3,(H,21,22). The first kappa shape index (κ1) is 18.7. The minimum Gasteiger partial charge on any atom is -0.493 e. The third-order valence-corrected chi connectivity index (χ3v) is 3.63. The van der Waals surface area contributed by atoms with Crippen LogP contribution in [0.4, 0.5) is 0 Å². The van der Waals surface area contributed by atoms with E-state index in [9.17, 15) is 4.79 Å². The van der Waals surface area contributed by atoms with Crippen molar-refractivity contribution in [2.24, 2.45) is 0 Å². The summed E-state index contributed by atoms with van der Waals surface area (Å²) in [7, 11) is 1.51. The normalized spacial score (nSPS) is 10.2. The van der Waals surface area contributed by atoms with Gasteiger partial charge in [-0.1, -0.05) is 36.4 Å². The third kappa shape index (κ3) is 5.43. The number of aliphatic carboxylic acids is 1. The van der Waals surface area contributed by atoms with Gasteiger partial charge in [0, 0.05) is 0 Å². The molecule has 0 bridgehead atoms. The third-order valence-electron chi connectivity index (χ3n) is 3.33. The molecule has 5 nitrogen and oxygen atoms in total. The number of benzene rings is 2. The van der Waals surface area contributed by atoms with Gasteiger partial charge in [0.1, 0.15) is 19.0 Å². The molecule has 2 aromatic carbocycles. The molecule has 0 saturated heterocycles. The Morgan fingerprint density at radius 2 is 1.84 bits per heavy atom. The molecular weight excluding hydrogens is 344 g/mol. The van der Waals surface area contributed by atoms with E-state index in [0.29, 0.717) is 34.4 Å². The molecule has 0 aromatic heterocycles. The molecule has 0 atom stereocenters. The number of hydrogen-bond donors (Lipinski definition) is 1. The van der Waals surface area contributed by atoms with Gasteiger partial charge in [-0.25, -0.2) is 0 Å². The van der Waals surface area contributed by atoms with Gasteiger partial charge in [0.2, 0.25) is 0 Å². The van der Waals surface area contributed by atoms with Crippen LogP contribution >= 0.6 is 11.6 Å². The molecule has 0 fully saturated rings. The molecule has 132 valence electrons. The van der Waals surface area contributed by atoms with Gasteiger partial charge in [-0.15, -0.1) is 0 Å². The molecule has 0 amide bonds. The number of carboxylic acid groups (broad SMARTS) is 1. The maximum Gasteiger partial charge on any atom is 0.307 e. The Bertz CT molecular complexity index is 757. The average Bonchev–Trinajstić information content (AvgIpc) is 2.59. The van der Waals surface area contributed by atoms with E-state index in [1.165, 1.54) is 7.11 Å². The molecular formula is C19H19ClO5. The number of ether oxygens (including phenoxy) is 3. The van der Waals surface area contributed by atoms with Gasteiger partial charge >= 0.3 is 5.97 Å². The molecule has 0 spiro atoms. The highest BCUT2D eigenvalue weighted by Crippen LogP contribution is 2.30. The van der Waals surface area contributed by atoms with Gasteiger partial charge in [0.05, 0.1) is 18.6 Å². The lowest BCUT2D eigenvalue weighted by Gasteiger charge is -2.13. The van der Waals surface area contributed by atoms with Gasteiger partial charge < -0.3 is 19.3 Å². The Hall–Kier alpha value is -2.66. The van der Waals surface area contributed by atoms with Crippen molar-refractivity contribution in [1.29, 1.82) is 0 Å². The summed E-state index contributed by atoms with van der Waals surface area (Å²) < 4.78 is 16.5. The SMILES string of the molecule is C=CCOc1ccc(COc2ccc(CC(=O)O)cc2OC)cc1Cl. The lowest BCUT2D eigenvalue weighted by molar-refractivity contribution is -0.136. The average molecular weight is 363 g/mol. The van der Waals surface area contributed by atoms with Crippen LogP contribution in [0, 0.1) is 0 Å². The van der Waals surface area contributed by atoms with Crippen molar-refractivity contribution in [3.05, 3.63) is 65.2 Å². The number of hydrogen-bond acceptors (Lipinski definition) is 4. The van der Waals surface area contributed by atoms with Crippen LogP contribution in [0.25, 0.3) is 0 Å². The fraction of sp³-hybridized carbons (Fsp3) is 0.211. The first-order chi connectivity index (χ1) is 12.0. The van der Waals surface area contributed by atoms with E-state index in [4.69, 9.17) is 30.9 Å². The summed E-state index contributed by atoms with van der Waals surface area (Å²) in [6.07, 6.45) is 1.58. The molecule has 25 heavy (non-hydrogen) atoms. The fourth-order valence-electron chi connectivity index (χ4n) is 2.18. The molecule has 0 saturated carbocycles. The lowest BCUT2D eigenvalue weighted by atomic mass is 10.1. The smallest absolute Gasteiger partial charge is 0.307 e. The van der Waals surface area contributed by atoms with Crippen molar-refractivity contribution < 1.29 is 24.1 Å². The van der Waals surface area contributed by atoms with Gasteiger partial charge in [-0.05, 0) is 35.4 Å². The summed E-state index contributed by atoms with van der Waals surface area (Å²) in [4.78, 5) is 10.8. The molecule has 2 rings (SSSR count). The van der Waals surface area contributed by atoms with Crippen molar-refractivity contribution in [3.63, 3.8) is 0 Å². The van der Waals surface area contributed by atoms with Gasteiger partial charge in [0.25, 0.3) is 0 Å². The second-order valence-corrected chi connectivity index (χ2v) is 5.62. The second kappa shape index (κ2) is 8.99. The summed E-state index contributed by atoms with van der Waals surface area (Å²) >= 11 is 6.18. The minimum absolute atomic E-state index is 0.0710. The number of carboxylic acids is 1. The zero-order chi connectivity index (χ0) is 18.2. The Kier molecular flexibility index (Phi) is 6.71. The second-order valence-electron chi connectivity index (χ2n) is 5.21. The van der Waals surface area contributed by atoms with E-state index in [2.05, 4.69) is 6.58 Å². The van der Waals surface area contributed by atoms with E-state index >= 15 is 0 Å². The van der Waals surface area contributed by atoms with E-state index < -0.39 is 5.97 Å². The molecule has 6 heteroatoms. The van der Waals surface area contributed by atoms with E-state index in [0.717, 1.165) is 5.56 Å². The number of rotatable bonds is 9. The lowest BCUT2D eigenvalue weighted by Crippen LogP contribution is -2.02. The van der Waals surface area contributed by atoms with Crippen molar-refractivity contribution in [2.75, 3.05) is 13.7 Å². The first-order valence-corrected chi connectivity index (χ1v) is 7.95. The van der Waals surface area contributed by atoms with Crippen LogP contribution in [0.2, 0.25) is 5.02 Å². The molecule has 0 aliphatic carbocycles. The largest absolute Gasteiger partial charge is 0.493 e. The number of halogens is 1. The predicted molar refractivity (Wildman–Crippen MR) is 95.8 cm³/mol. The van der Waals surface area contributed by atoms with Gasteiger partial charge in [-0.2, -0.15) is 0 Å². The minimum atomic E-state index is -0.899. The Morgan fingerprint density at radius 1 is 1.12 bits per heavy atom. The van der Waals surface area contributed by atoms with Crippen molar-refractivity contribution in [2.45, 2.75) is 13.0 Å². The molecule has 1 N–H and O–H groups in total. The predicted octanol–water partition coefficient (Wildman–Crippen LogP) is 4.12. The van der Waals surface area contributed by atoms with Gasteiger partial charge in [0.15, 0.2) is 11.5 Å². The molecule has 0 unspecified atom stereocenters. The highest BCUT2D eigenvalue weighted by Gasteiger charge is 2.09. The van der Waals surface area contributed by atoms with Crippen molar-refractivity contribution in [3.8, 4) is 17.2 Å². The van der Waals surface area contributed by atoms with Crippen LogP contribution in [0.1, 0.15) is 11.1 Å². The summed E-state index contributed by atoms with van der Waals surface area (Å²) in [6, 6.07) is 10.5. The zero-order valence-electron chi connectivity index (χ0n) is 13.8. The van der Waals surface area contributed by atoms with E-state index in [1.54, 1.807) is 36.4 Å². The highest BCUT2D eigenvalue weighted by molar-refractivity contribution is 6.32. The van der Waals surface area contributed by atoms with Crippen molar-refractivity contribution in [1.82, 2.24) is 0 Å². The van der Waals surface area contributed by atoms with Crippen LogP contribution in [0.5, 0.6) is 17.2 Å². The van der Waals surface area contributed by atoms with E-state index in [-0.39, 0.29) is 13.0 Å². The van der Waals surface area contributed by atoms with Crippen LogP contribution in [0.3, 0.4) is 0 Å². The molecule has 0 aliphatic heterocycles. The molecule has 2 aromatic rings. The van der Waals surface area contributed by atoms with Crippen LogP contribution in [-0.2, 0) is 17.8 Å². The van der Waals surface area contributed by atoms with Crippen molar-refractivity contribution >= 4 is 17.6 Å². The van der Waals surface area contributed by atoms with Crippen LogP contribution in [0.15, 0.2) is 49.1 Å². The van der Waals surface area contributed by atoms with Crippen LogP contribution < -0.4 is 14.2 Å². The molecule has 0 radical (unpaired) electrons. The Balaban J connectivity index is 2.06. The summed E-state index contributed by atoms with van der Waals surface area (Å²) in [5.74, 6) is 0.695. The zero-order valence-corrected chi connectivity index (χ0v) is 14.6. The Labute approximate surface area is 151 Å². The maximum atomic E-state index is 10.8. The number of methoxy groups -OCH3 is 1. The summed E-state index contributed by atoms with van der Waals surface area (Å²) in [6.45, 7) is 4.26. The molecule has 0 aliphatic rings. The van der Waals surface area contributed by atoms with Crippen LogP contribution in [-0.4, -0.2) is 24.8 Å². The quantitative estimate of drug-likeness (QED) is 0.680. The monoisotopic (exact) mass is 362 g/mol. The fourth-order valence-corrected chi connectivity index (χ4v) is 2.43. The number of carbonyl (C=O) groups is 1. The summed E-state index contributed by atoms with van der Waals surface area (Å²) in [5, 5.41) is 9.35. The van der Waals surface area contributed by atoms with Gasteiger partial charge in [-0.3, -0.25) is 4.79 Å².